The lowest BCUT2D eigenvalue weighted by Crippen LogP contribution is -2.22. The summed E-state index contributed by atoms with van der Waals surface area (Å²) in [6.45, 7) is 0.431. The average molecular weight is 222 g/mol. The summed E-state index contributed by atoms with van der Waals surface area (Å²) >= 11 is 5.75. The van der Waals surface area contributed by atoms with Crippen molar-refractivity contribution < 1.29 is 0 Å². The molecule has 0 saturated carbocycles. The lowest BCUT2D eigenvalue weighted by Gasteiger charge is -2.04. The van der Waals surface area contributed by atoms with Crippen LogP contribution in [0.4, 0.5) is 0 Å². The van der Waals surface area contributed by atoms with Gasteiger partial charge >= 0.3 is 5.69 Å². The van der Waals surface area contributed by atoms with Crippen molar-refractivity contribution in [2.24, 2.45) is 0 Å². The molecule has 0 atom stereocenters. The van der Waals surface area contributed by atoms with Gasteiger partial charge in [-0.2, -0.15) is 0 Å². The Morgan fingerprint density at radius 3 is 3.00 bits per heavy atom. The zero-order valence-corrected chi connectivity index (χ0v) is 8.55. The molecule has 0 spiro atoms. The Bertz CT molecular complexity index is 510. The number of rotatable bonds is 2. The van der Waals surface area contributed by atoms with Gasteiger partial charge in [-0.1, -0.05) is 17.7 Å². The monoisotopic (exact) mass is 221 g/mol. The molecule has 0 amide bonds. The molecule has 0 radical (unpaired) electrons. The van der Waals surface area contributed by atoms with E-state index in [1.807, 2.05) is 12.1 Å². The highest BCUT2D eigenvalue weighted by molar-refractivity contribution is 6.30. The van der Waals surface area contributed by atoms with Gasteiger partial charge in [0.25, 0.3) is 0 Å². The lowest BCUT2D eigenvalue weighted by atomic mass is 10.3. The number of hydrogen-bond donors (Lipinski definition) is 0. The molecule has 0 aromatic carbocycles. The molecule has 2 aromatic heterocycles. The molecule has 2 aromatic rings. The van der Waals surface area contributed by atoms with E-state index in [2.05, 4.69) is 9.97 Å². The maximum atomic E-state index is 11.3. The van der Waals surface area contributed by atoms with Crippen LogP contribution in [0.15, 0.2) is 41.7 Å². The van der Waals surface area contributed by atoms with Gasteiger partial charge < -0.3 is 0 Å². The summed E-state index contributed by atoms with van der Waals surface area (Å²) in [6, 6.07) is 3.71. The second-order valence-electron chi connectivity index (χ2n) is 3.04. The normalized spacial score (nSPS) is 10.2. The van der Waals surface area contributed by atoms with Crippen molar-refractivity contribution in [2.45, 2.75) is 6.54 Å². The predicted molar refractivity (Wildman–Crippen MR) is 56.8 cm³/mol. The highest BCUT2D eigenvalue weighted by Gasteiger charge is 1.99. The minimum absolute atomic E-state index is 0.316. The summed E-state index contributed by atoms with van der Waals surface area (Å²) in [5.74, 6) is 0. The molecule has 4 nitrogen and oxygen atoms in total. The molecule has 2 heterocycles. The third-order valence-corrected chi connectivity index (χ3v) is 2.09. The van der Waals surface area contributed by atoms with Gasteiger partial charge in [-0.3, -0.25) is 9.55 Å². The molecule has 0 saturated heterocycles. The molecule has 15 heavy (non-hydrogen) atoms. The molecule has 76 valence electrons. The first-order valence-electron chi connectivity index (χ1n) is 4.36. The van der Waals surface area contributed by atoms with Crippen molar-refractivity contribution in [2.75, 3.05) is 0 Å². The Balaban J connectivity index is 2.32. The molecule has 2 rings (SSSR count). The van der Waals surface area contributed by atoms with Gasteiger partial charge in [-0.25, -0.2) is 9.78 Å². The van der Waals surface area contributed by atoms with Gasteiger partial charge in [0, 0.05) is 18.6 Å². The Labute approximate surface area is 91.2 Å². The number of nitrogens with zero attached hydrogens (tertiary/aromatic N) is 3. The summed E-state index contributed by atoms with van der Waals surface area (Å²) in [6.07, 6.45) is 6.28. The number of pyridine rings is 1. The minimum Gasteiger partial charge on any atom is -0.293 e. The smallest absolute Gasteiger partial charge is 0.293 e. The Hall–Kier alpha value is -1.68. The van der Waals surface area contributed by atoms with E-state index >= 15 is 0 Å². The van der Waals surface area contributed by atoms with Crippen molar-refractivity contribution in [1.29, 1.82) is 0 Å². The van der Waals surface area contributed by atoms with E-state index in [0.717, 1.165) is 5.56 Å². The summed E-state index contributed by atoms with van der Waals surface area (Å²) in [5.41, 5.74) is 0.618. The summed E-state index contributed by atoms with van der Waals surface area (Å²) < 4.78 is 1.44. The van der Waals surface area contributed by atoms with Crippen molar-refractivity contribution >= 4 is 11.6 Å². The molecule has 5 heteroatoms. The van der Waals surface area contributed by atoms with Gasteiger partial charge in [-0.15, -0.1) is 0 Å². The summed E-state index contributed by atoms with van der Waals surface area (Å²) in [7, 11) is 0. The zero-order valence-electron chi connectivity index (χ0n) is 7.80. The standard InChI is InChI=1S/C10H8ClN3O/c11-9-5-13-10(15)14(7-9)6-8-2-1-3-12-4-8/h1-5,7H,6H2. The Morgan fingerprint density at radius 1 is 1.40 bits per heavy atom. The quantitative estimate of drug-likeness (QED) is 0.769. The second kappa shape index (κ2) is 4.23. The highest BCUT2D eigenvalue weighted by atomic mass is 35.5. The fraction of sp³-hybridized carbons (Fsp3) is 0.100. The molecular weight excluding hydrogens is 214 g/mol. The largest absolute Gasteiger partial charge is 0.347 e. The van der Waals surface area contributed by atoms with Crippen LogP contribution in [-0.2, 0) is 6.54 Å². The molecule has 0 N–H and O–H groups in total. The molecule has 0 aliphatic carbocycles. The SMILES string of the molecule is O=c1ncc(Cl)cn1Cc1cccnc1. The van der Waals surface area contributed by atoms with E-state index in [9.17, 15) is 4.79 Å². The van der Waals surface area contributed by atoms with Crippen molar-refractivity contribution in [3.05, 3.63) is 58.0 Å². The topological polar surface area (TPSA) is 47.8 Å². The molecular formula is C10H8ClN3O. The predicted octanol–water partition coefficient (Wildman–Crippen LogP) is 1.34. The van der Waals surface area contributed by atoms with Crippen molar-refractivity contribution in [3.63, 3.8) is 0 Å². The molecule has 0 aliphatic heterocycles. The van der Waals surface area contributed by atoms with Crippen molar-refractivity contribution in [1.82, 2.24) is 14.5 Å². The maximum Gasteiger partial charge on any atom is 0.347 e. The van der Waals surface area contributed by atoms with Crippen molar-refractivity contribution in [3.8, 4) is 0 Å². The van der Waals surface area contributed by atoms with Crippen LogP contribution in [0.1, 0.15) is 5.56 Å². The number of halogens is 1. The van der Waals surface area contributed by atoms with Gasteiger partial charge in [-0.05, 0) is 11.6 Å². The number of aromatic nitrogens is 3. The molecule has 0 fully saturated rings. The van der Waals surface area contributed by atoms with Crippen LogP contribution in [0.25, 0.3) is 0 Å². The summed E-state index contributed by atoms with van der Waals surface area (Å²) in [5, 5.41) is 0.443. The third-order valence-electron chi connectivity index (χ3n) is 1.90. The van der Waals surface area contributed by atoms with Crippen LogP contribution >= 0.6 is 11.6 Å². The third kappa shape index (κ3) is 2.41. The molecule has 0 unspecified atom stereocenters. The first kappa shape index (κ1) is 9.86. The van der Waals surface area contributed by atoms with Crippen LogP contribution in [-0.4, -0.2) is 14.5 Å². The van der Waals surface area contributed by atoms with Crippen LogP contribution in [0, 0.1) is 0 Å². The van der Waals surface area contributed by atoms with Crippen LogP contribution < -0.4 is 5.69 Å². The Morgan fingerprint density at radius 2 is 2.27 bits per heavy atom. The van der Waals surface area contributed by atoms with E-state index in [1.54, 1.807) is 18.6 Å². The Kier molecular flexibility index (Phi) is 2.78. The van der Waals surface area contributed by atoms with Gasteiger partial charge in [0.15, 0.2) is 0 Å². The fourth-order valence-electron chi connectivity index (χ4n) is 1.23. The van der Waals surface area contributed by atoms with E-state index in [4.69, 9.17) is 11.6 Å². The number of hydrogen-bond acceptors (Lipinski definition) is 3. The van der Waals surface area contributed by atoms with Crippen LogP contribution in [0.3, 0.4) is 0 Å². The zero-order chi connectivity index (χ0) is 10.7. The van der Waals surface area contributed by atoms with Gasteiger partial charge in [0.1, 0.15) is 0 Å². The maximum absolute atomic E-state index is 11.3. The lowest BCUT2D eigenvalue weighted by molar-refractivity contribution is 0.725. The molecule has 0 aliphatic rings. The van der Waals surface area contributed by atoms with Gasteiger partial charge in [0.05, 0.1) is 17.8 Å². The molecule has 0 bridgehead atoms. The first-order chi connectivity index (χ1) is 7.25. The fourth-order valence-corrected chi connectivity index (χ4v) is 1.40. The second-order valence-corrected chi connectivity index (χ2v) is 3.48. The van der Waals surface area contributed by atoms with Crippen LogP contribution in [0.5, 0.6) is 0 Å². The van der Waals surface area contributed by atoms with E-state index in [-0.39, 0.29) is 5.69 Å². The first-order valence-corrected chi connectivity index (χ1v) is 4.74. The minimum atomic E-state index is -0.316. The highest BCUT2D eigenvalue weighted by Crippen LogP contribution is 2.03. The van der Waals surface area contributed by atoms with E-state index in [1.165, 1.54) is 10.8 Å². The summed E-state index contributed by atoms with van der Waals surface area (Å²) in [4.78, 5) is 18.9. The van der Waals surface area contributed by atoms with Gasteiger partial charge in [0.2, 0.25) is 0 Å². The van der Waals surface area contributed by atoms with E-state index in [0.29, 0.717) is 11.6 Å². The van der Waals surface area contributed by atoms with Crippen LogP contribution in [0.2, 0.25) is 5.02 Å². The van der Waals surface area contributed by atoms with E-state index < -0.39 is 0 Å². The average Bonchev–Trinajstić information content (AvgIpc) is 2.25.